The third kappa shape index (κ3) is 5.78. The molecule has 2 rings (SSSR count). The van der Waals surface area contributed by atoms with Crippen molar-refractivity contribution in [2.45, 2.75) is 65.9 Å². The van der Waals surface area contributed by atoms with Gasteiger partial charge in [-0.05, 0) is 51.5 Å². The molecule has 0 saturated heterocycles. The summed E-state index contributed by atoms with van der Waals surface area (Å²) < 4.78 is 29.0. The van der Waals surface area contributed by atoms with Gasteiger partial charge in [-0.3, -0.25) is 4.79 Å². The van der Waals surface area contributed by atoms with Gasteiger partial charge >= 0.3 is 5.97 Å². The molecule has 1 atom stereocenters. The number of thiophene rings is 1. The highest BCUT2D eigenvalue weighted by molar-refractivity contribution is 7.92. The topological polar surface area (TPSA) is 89.5 Å². The first-order chi connectivity index (χ1) is 12.5. The highest BCUT2D eigenvalue weighted by Crippen LogP contribution is 2.41. The van der Waals surface area contributed by atoms with Gasteiger partial charge in [-0.1, -0.05) is 20.3 Å². The SMILES string of the molecule is CC[C@H]1CCc2c(sc(NC(=O)CS(=O)(=O)CC)c2C(=O)OC(C)(C)C)C1. The molecule has 0 aromatic carbocycles. The van der Waals surface area contributed by atoms with E-state index in [0.29, 0.717) is 16.5 Å². The van der Waals surface area contributed by atoms with Crippen LogP contribution in [0.3, 0.4) is 0 Å². The van der Waals surface area contributed by atoms with Crippen molar-refractivity contribution in [3.63, 3.8) is 0 Å². The van der Waals surface area contributed by atoms with E-state index in [1.54, 1.807) is 20.8 Å². The van der Waals surface area contributed by atoms with Crippen LogP contribution in [-0.2, 0) is 32.2 Å². The Hall–Kier alpha value is -1.41. The smallest absolute Gasteiger partial charge is 0.341 e. The van der Waals surface area contributed by atoms with Crippen LogP contribution in [0, 0.1) is 5.92 Å². The molecule has 1 aliphatic rings. The number of sulfone groups is 1. The summed E-state index contributed by atoms with van der Waals surface area (Å²) in [6.45, 7) is 9.04. The minimum absolute atomic E-state index is 0.0987. The first kappa shape index (κ1) is 21.9. The second-order valence-electron chi connectivity index (χ2n) is 7.95. The lowest BCUT2D eigenvalue weighted by atomic mass is 9.85. The Morgan fingerprint density at radius 1 is 1.26 bits per heavy atom. The van der Waals surface area contributed by atoms with Crippen molar-refractivity contribution in [2.24, 2.45) is 5.92 Å². The van der Waals surface area contributed by atoms with Gasteiger partial charge in [0.05, 0.1) is 5.56 Å². The maximum atomic E-state index is 12.8. The number of anilines is 1. The molecule has 1 aromatic heterocycles. The zero-order valence-electron chi connectivity index (χ0n) is 16.7. The van der Waals surface area contributed by atoms with Gasteiger partial charge < -0.3 is 10.1 Å². The number of nitrogens with one attached hydrogen (secondary N) is 1. The quantitative estimate of drug-likeness (QED) is 0.717. The summed E-state index contributed by atoms with van der Waals surface area (Å²) in [5.74, 6) is -1.21. The number of esters is 1. The van der Waals surface area contributed by atoms with Crippen molar-refractivity contribution in [1.29, 1.82) is 0 Å². The molecular weight excluding hydrogens is 386 g/mol. The lowest BCUT2D eigenvalue weighted by Gasteiger charge is -2.23. The number of rotatable bonds is 6. The summed E-state index contributed by atoms with van der Waals surface area (Å²) in [5, 5.41) is 3.06. The van der Waals surface area contributed by atoms with Crippen LogP contribution in [0.15, 0.2) is 0 Å². The van der Waals surface area contributed by atoms with E-state index in [1.807, 2.05) is 0 Å². The van der Waals surface area contributed by atoms with Crippen LogP contribution in [-0.4, -0.2) is 37.4 Å². The molecule has 0 unspecified atom stereocenters. The third-order valence-electron chi connectivity index (χ3n) is 4.59. The highest BCUT2D eigenvalue weighted by atomic mass is 32.2. The molecule has 27 heavy (non-hydrogen) atoms. The average Bonchev–Trinajstić information content (AvgIpc) is 2.89. The van der Waals surface area contributed by atoms with E-state index in [4.69, 9.17) is 4.74 Å². The fraction of sp³-hybridized carbons (Fsp3) is 0.684. The molecule has 1 N–H and O–H groups in total. The van der Waals surface area contributed by atoms with Gasteiger partial charge in [0, 0.05) is 10.6 Å². The van der Waals surface area contributed by atoms with Crippen molar-refractivity contribution >= 4 is 38.1 Å². The number of carbonyl (C=O) groups excluding carboxylic acids is 2. The summed E-state index contributed by atoms with van der Waals surface area (Å²) in [6, 6.07) is 0. The second kappa shape index (κ2) is 8.31. The average molecular weight is 416 g/mol. The predicted octanol–water partition coefficient (Wildman–Crippen LogP) is 3.59. The molecular formula is C19H29NO5S2. The van der Waals surface area contributed by atoms with E-state index >= 15 is 0 Å². The zero-order chi connectivity index (χ0) is 20.4. The number of hydrogen-bond acceptors (Lipinski definition) is 6. The van der Waals surface area contributed by atoms with Crippen molar-refractivity contribution < 1.29 is 22.7 Å². The van der Waals surface area contributed by atoms with Crippen LogP contribution < -0.4 is 5.32 Å². The molecule has 1 aliphatic carbocycles. The largest absolute Gasteiger partial charge is 0.456 e. The number of carbonyl (C=O) groups is 2. The number of hydrogen-bond donors (Lipinski definition) is 1. The first-order valence-corrected chi connectivity index (χ1v) is 12.0. The van der Waals surface area contributed by atoms with E-state index in [2.05, 4.69) is 12.2 Å². The van der Waals surface area contributed by atoms with Gasteiger partial charge in [0.2, 0.25) is 5.91 Å². The Morgan fingerprint density at radius 2 is 1.93 bits per heavy atom. The van der Waals surface area contributed by atoms with Crippen LogP contribution >= 0.6 is 11.3 Å². The summed E-state index contributed by atoms with van der Waals surface area (Å²) in [4.78, 5) is 26.1. The molecule has 8 heteroatoms. The van der Waals surface area contributed by atoms with Crippen molar-refractivity contribution in [3.8, 4) is 0 Å². The Morgan fingerprint density at radius 3 is 2.48 bits per heavy atom. The van der Waals surface area contributed by atoms with Crippen LogP contribution in [0.2, 0.25) is 0 Å². The number of amides is 1. The molecule has 0 radical (unpaired) electrons. The minimum atomic E-state index is -3.44. The normalized spacial score (nSPS) is 17.3. The molecule has 0 aliphatic heterocycles. The summed E-state index contributed by atoms with van der Waals surface area (Å²) in [5.41, 5.74) is 0.675. The molecule has 152 valence electrons. The highest BCUT2D eigenvalue weighted by Gasteiger charge is 2.32. The van der Waals surface area contributed by atoms with E-state index in [0.717, 1.165) is 36.1 Å². The standard InChI is InChI=1S/C19H29NO5S2/c1-6-12-8-9-13-14(10-12)26-17(16(13)18(22)25-19(3,4)5)20-15(21)11-27(23,24)7-2/h12H,6-11H2,1-5H3,(H,20,21)/t12-/m0/s1. The third-order valence-corrected chi connectivity index (χ3v) is 7.34. The molecule has 0 fully saturated rings. The van der Waals surface area contributed by atoms with Gasteiger partial charge in [-0.2, -0.15) is 0 Å². The maximum Gasteiger partial charge on any atom is 0.341 e. The molecule has 1 aromatic rings. The molecule has 1 amide bonds. The summed E-state index contributed by atoms with van der Waals surface area (Å²) in [7, 11) is -3.44. The molecule has 6 nitrogen and oxygen atoms in total. The van der Waals surface area contributed by atoms with Gasteiger partial charge in [0.1, 0.15) is 16.4 Å². The van der Waals surface area contributed by atoms with Gasteiger partial charge in [-0.15, -0.1) is 11.3 Å². The zero-order valence-corrected chi connectivity index (χ0v) is 18.3. The van der Waals surface area contributed by atoms with Crippen LogP contribution in [0.4, 0.5) is 5.00 Å². The fourth-order valence-corrected chi connectivity index (χ4v) is 5.14. The maximum absolute atomic E-state index is 12.8. The van der Waals surface area contributed by atoms with Gasteiger partial charge in [0.15, 0.2) is 9.84 Å². The monoisotopic (exact) mass is 415 g/mol. The first-order valence-electron chi connectivity index (χ1n) is 9.34. The van der Waals surface area contributed by atoms with Crippen molar-refractivity contribution in [3.05, 3.63) is 16.0 Å². The summed E-state index contributed by atoms with van der Waals surface area (Å²) in [6.07, 6.45) is 3.70. The van der Waals surface area contributed by atoms with Crippen LogP contribution in [0.5, 0.6) is 0 Å². The summed E-state index contributed by atoms with van der Waals surface area (Å²) >= 11 is 1.37. The van der Waals surface area contributed by atoms with E-state index in [-0.39, 0.29) is 5.75 Å². The predicted molar refractivity (Wildman–Crippen MR) is 108 cm³/mol. The molecule has 0 bridgehead atoms. The lowest BCUT2D eigenvalue weighted by molar-refractivity contribution is -0.113. The van der Waals surface area contributed by atoms with Crippen molar-refractivity contribution in [1.82, 2.24) is 0 Å². The fourth-order valence-electron chi connectivity index (χ4n) is 3.10. The Bertz CT molecular complexity index is 818. The van der Waals surface area contributed by atoms with Crippen LogP contribution in [0.25, 0.3) is 0 Å². The number of ether oxygens (including phenoxy) is 1. The van der Waals surface area contributed by atoms with Gasteiger partial charge in [-0.25, -0.2) is 13.2 Å². The Labute approximate surface area is 165 Å². The van der Waals surface area contributed by atoms with E-state index < -0.39 is 33.1 Å². The minimum Gasteiger partial charge on any atom is -0.456 e. The van der Waals surface area contributed by atoms with Gasteiger partial charge in [0.25, 0.3) is 0 Å². The Balaban J connectivity index is 2.36. The van der Waals surface area contributed by atoms with E-state index in [9.17, 15) is 18.0 Å². The van der Waals surface area contributed by atoms with E-state index in [1.165, 1.54) is 18.3 Å². The lowest BCUT2D eigenvalue weighted by Crippen LogP contribution is -2.27. The molecule has 0 spiro atoms. The van der Waals surface area contributed by atoms with Crippen molar-refractivity contribution in [2.75, 3.05) is 16.8 Å². The Kier molecular flexibility index (Phi) is 6.73. The second-order valence-corrected chi connectivity index (χ2v) is 11.4. The molecule has 1 heterocycles. The number of fused-ring (bicyclic) bond motifs is 1. The van der Waals surface area contributed by atoms with Crippen LogP contribution in [0.1, 0.15) is 68.3 Å². The molecule has 0 saturated carbocycles.